The standard InChI is InChI=1S/C9H5N5O3/c15-14(16)7-3-4-13-9(10-7)11-8(12-13)6-2-1-5-17-6/h1-5H. The van der Waals surface area contributed by atoms with Gasteiger partial charge in [0, 0.05) is 11.2 Å². The van der Waals surface area contributed by atoms with Crippen LogP contribution in [-0.2, 0) is 0 Å². The van der Waals surface area contributed by atoms with Crippen LogP contribution in [0.2, 0.25) is 0 Å². The zero-order chi connectivity index (χ0) is 11.8. The van der Waals surface area contributed by atoms with E-state index in [1.807, 2.05) is 0 Å². The molecule has 0 aromatic carbocycles. The minimum Gasteiger partial charge on any atom is -0.461 e. The minimum atomic E-state index is -0.582. The van der Waals surface area contributed by atoms with Gasteiger partial charge >= 0.3 is 11.6 Å². The van der Waals surface area contributed by atoms with Crippen molar-refractivity contribution in [2.45, 2.75) is 0 Å². The molecule has 0 radical (unpaired) electrons. The lowest BCUT2D eigenvalue weighted by Crippen LogP contribution is -1.96. The Bertz CT molecular complexity index is 688. The summed E-state index contributed by atoms with van der Waals surface area (Å²) in [4.78, 5) is 17.8. The van der Waals surface area contributed by atoms with Gasteiger partial charge in [-0.15, -0.1) is 5.10 Å². The number of aromatic nitrogens is 4. The highest BCUT2D eigenvalue weighted by atomic mass is 16.6. The van der Waals surface area contributed by atoms with E-state index in [4.69, 9.17) is 4.42 Å². The van der Waals surface area contributed by atoms with Crippen molar-refractivity contribution in [2.75, 3.05) is 0 Å². The summed E-state index contributed by atoms with van der Waals surface area (Å²) in [7, 11) is 0. The second-order valence-corrected chi connectivity index (χ2v) is 3.20. The van der Waals surface area contributed by atoms with Crippen molar-refractivity contribution in [3.05, 3.63) is 40.8 Å². The van der Waals surface area contributed by atoms with Gasteiger partial charge in [-0.25, -0.2) is 0 Å². The quantitative estimate of drug-likeness (QED) is 0.486. The van der Waals surface area contributed by atoms with Crippen LogP contribution in [0.5, 0.6) is 0 Å². The maximum Gasteiger partial charge on any atom is 0.369 e. The van der Waals surface area contributed by atoms with Crippen LogP contribution in [0.1, 0.15) is 0 Å². The van der Waals surface area contributed by atoms with Crippen LogP contribution in [0.15, 0.2) is 35.1 Å². The molecular weight excluding hydrogens is 226 g/mol. The summed E-state index contributed by atoms with van der Waals surface area (Å²) >= 11 is 0. The largest absolute Gasteiger partial charge is 0.461 e. The van der Waals surface area contributed by atoms with E-state index in [0.29, 0.717) is 11.6 Å². The molecule has 0 bridgehead atoms. The first-order chi connectivity index (χ1) is 8.24. The van der Waals surface area contributed by atoms with E-state index in [0.717, 1.165) is 0 Å². The first-order valence-electron chi connectivity index (χ1n) is 4.66. The Balaban J connectivity index is 2.16. The van der Waals surface area contributed by atoms with Gasteiger partial charge in [0.05, 0.1) is 12.3 Å². The van der Waals surface area contributed by atoms with Crippen LogP contribution >= 0.6 is 0 Å². The Labute approximate surface area is 93.7 Å². The molecule has 0 aliphatic heterocycles. The fourth-order valence-electron chi connectivity index (χ4n) is 1.38. The predicted octanol–water partition coefficient (Wildman–Crippen LogP) is 1.29. The van der Waals surface area contributed by atoms with E-state index >= 15 is 0 Å². The molecule has 0 saturated heterocycles. The van der Waals surface area contributed by atoms with Crippen molar-refractivity contribution < 1.29 is 9.34 Å². The van der Waals surface area contributed by atoms with E-state index < -0.39 is 4.92 Å². The van der Waals surface area contributed by atoms with Gasteiger partial charge in [-0.05, 0) is 17.1 Å². The molecule has 0 saturated carbocycles. The first kappa shape index (κ1) is 9.46. The number of hydrogen-bond donors (Lipinski definition) is 0. The highest BCUT2D eigenvalue weighted by molar-refractivity contribution is 5.50. The molecule has 0 aliphatic carbocycles. The topological polar surface area (TPSA) is 99.4 Å². The minimum absolute atomic E-state index is 0.158. The molecule has 3 aromatic rings. The van der Waals surface area contributed by atoms with Gasteiger partial charge in [0.15, 0.2) is 5.76 Å². The first-order valence-corrected chi connectivity index (χ1v) is 4.66. The van der Waals surface area contributed by atoms with Crippen molar-refractivity contribution in [1.29, 1.82) is 0 Å². The molecule has 0 N–H and O–H groups in total. The van der Waals surface area contributed by atoms with E-state index in [-0.39, 0.29) is 11.6 Å². The normalized spacial score (nSPS) is 10.8. The van der Waals surface area contributed by atoms with Gasteiger partial charge in [-0.3, -0.25) is 0 Å². The van der Waals surface area contributed by atoms with Crippen LogP contribution < -0.4 is 0 Å². The third kappa shape index (κ3) is 1.51. The predicted molar refractivity (Wildman–Crippen MR) is 55.1 cm³/mol. The Morgan fingerprint density at radius 2 is 2.24 bits per heavy atom. The fourth-order valence-corrected chi connectivity index (χ4v) is 1.38. The van der Waals surface area contributed by atoms with Gasteiger partial charge in [-0.2, -0.15) is 9.50 Å². The lowest BCUT2D eigenvalue weighted by Gasteiger charge is -1.89. The van der Waals surface area contributed by atoms with Crippen LogP contribution in [0, 0.1) is 10.1 Å². The van der Waals surface area contributed by atoms with E-state index in [1.54, 1.807) is 12.1 Å². The van der Waals surface area contributed by atoms with E-state index in [9.17, 15) is 10.1 Å². The maximum absolute atomic E-state index is 10.5. The number of fused-ring (bicyclic) bond motifs is 1. The molecule has 3 heterocycles. The highest BCUT2D eigenvalue weighted by Gasteiger charge is 2.15. The van der Waals surface area contributed by atoms with Crippen molar-refractivity contribution in [3.8, 4) is 11.6 Å². The fraction of sp³-hybridized carbons (Fsp3) is 0. The average molecular weight is 231 g/mol. The van der Waals surface area contributed by atoms with Crippen LogP contribution in [0.4, 0.5) is 5.82 Å². The Kier molecular flexibility index (Phi) is 1.87. The SMILES string of the molecule is O=[N+]([O-])c1ccn2nc(-c3ccco3)nc2n1. The lowest BCUT2D eigenvalue weighted by molar-refractivity contribution is -0.389. The molecule has 3 aromatic heterocycles. The average Bonchev–Trinajstić information content (AvgIpc) is 2.96. The zero-order valence-corrected chi connectivity index (χ0v) is 8.35. The van der Waals surface area contributed by atoms with Gasteiger partial charge in [0.1, 0.15) is 0 Å². The van der Waals surface area contributed by atoms with Gasteiger partial charge in [0.25, 0.3) is 0 Å². The lowest BCUT2D eigenvalue weighted by atomic mass is 10.4. The number of furan rings is 1. The van der Waals surface area contributed by atoms with Crippen molar-refractivity contribution >= 4 is 11.6 Å². The smallest absolute Gasteiger partial charge is 0.369 e. The molecule has 0 atom stereocenters. The molecule has 8 nitrogen and oxygen atoms in total. The third-order valence-electron chi connectivity index (χ3n) is 2.12. The Morgan fingerprint density at radius 1 is 1.35 bits per heavy atom. The second-order valence-electron chi connectivity index (χ2n) is 3.20. The van der Waals surface area contributed by atoms with E-state index in [1.165, 1.54) is 23.0 Å². The van der Waals surface area contributed by atoms with Crippen molar-refractivity contribution in [1.82, 2.24) is 19.6 Å². The summed E-state index contributed by atoms with van der Waals surface area (Å²) in [5.41, 5.74) is 0. The second kappa shape index (κ2) is 3.37. The monoisotopic (exact) mass is 231 g/mol. The summed E-state index contributed by atoms with van der Waals surface area (Å²) in [6, 6.07) is 4.66. The van der Waals surface area contributed by atoms with Crippen molar-refractivity contribution in [3.63, 3.8) is 0 Å². The molecule has 0 spiro atoms. The Morgan fingerprint density at radius 3 is 2.94 bits per heavy atom. The highest BCUT2D eigenvalue weighted by Crippen LogP contribution is 2.16. The third-order valence-corrected chi connectivity index (χ3v) is 2.12. The number of hydrogen-bond acceptors (Lipinski definition) is 6. The molecule has 84 valence electrons. The van der Waals surface area contributed by atoms with E-state index in [2.05, 4.69) is 15.1 Å². The molecule has 17 heavy (non-hydrogen) atoms. The van der Waals surface area contributed by atoms with Gasteiger partial charge in [-0.1, -0.05) is 0 Å². The van der Waals surface area contributed by atoms with Crippen LogP contribution in [0.25, 0.3) is 17.4 Å². The maximum atomic E-state index is 10.5. The molecule has 0 unspecified atom stereocenters. The number of rotatable bonds is 2. The number of nitrogens with zero attached hydrogens (tertiary/aromatic N) is 5. The summed E-state index contributed by atoms with van der Waals surface area (Å²) in [5, 5.41) is 14.6. The van der Waals surface area contributed by atoms with Gasteiger partial charge < -0.3 is 14.5 Å². The summed E-state index contributed by atoms with van der Waals surface area (Å²) < 4.78 is 6.48. The molecule has 0 fully saturated rings. The van der Waals surface area contributed by atoms with Gasteiger partial charge in [0.2, 0.25) is 5.82 Å². The van der Waals surface area contributed by atoms with Crippen LogP contribution in [-0.4, -0.2) is 24.5 Å². The summed E-state index contributed by atoms with van der Waals surface area (Å²) in [6.07, 6.45) is 2.93. The Hall–Kier alpha value is -2.77. The molecule has 3 rings (SSSR count). The molecule has 8 heteroatoms. The molecule has 0 amide bonds. The van der Waals surface area contributed by atoms with Crippen LogP contribution in [0.3, 0.4) is 0 Å². The number of nitro groups is 1. The summed E-state index contributed by atoms with van der Waals surface area (Å²) in [6.45, 7) is 0. The van der Waals surface area contributed by atoms with Crippen molar-refractivity contribution in [2.24, 2.45) is 0 Å². The molecular formula is C9H5N5O3. The molecule has 0 aliphatic rings. The summed E-state index contributed by atoms with van der Waals surface area (Å²) in [5.74, 6) is 0.711. The zero-order valence-electron chi connectivity index (χ0n) is 8.35.